The first-order valence-electron chi connectivity index (χ1n) is 8.89. The van der Waals surface area contributed by atoms with Crippen LogP contribution in [-0.4, -0.2) is 34.7 Å². The molecule has 0 heterocycles. The normalized spacial score (nSPS) is 14.9. The first-order chi connectivity index (χ1) is 14.6. The van der Waals surface area contributed by atoms with Crippen molar-refractivity contribution in [2.45, 2.75) is 36.8 Å². The number of carbonyl (C=O) groups is 2. The Labute approximate surface area is 177 Å². The third kappa shape index (κ3) is 4.64. The van der Waals surface area contributed by atoms with Gasteiger partial charge in [0.1, 0.15) is 0 Å². The molecule has 3 N–H and O–H groups in total. The third-order valence-corrected chi connectivity index (χ3v) is 4.73. The van der Waals surface area contributed by atoms with E-state index in [9.17, 15) is 41.0 Å². The van der Waals surface area contributed by atoms with Gasteiger partial charge in [-0.25, -0.2) is 0 Å². The van der Waals surface area contributed by atoms with E-state index in [-0.39, 0.29) is 12.1 Å². The van der Waals surface area contributed by atoms with Gasteiger partial charge in [-0.1, -0.05) is 42.5 Å². The Balaban J connectivity index is 2.45. The molecule has 0 fully saturated rings. The molecule has 0 saturated carbocycles. The number of hydrogen-bond donors (Lipinski definition) is 2. The van der Waals surface area contributed by atoms with Gasteiger partial charge in [-0.05, 0) is 24.6 Å². The Hall–Kier alpha value is -3.28. The van der Waals surface area contributed by atoms with Gasteiger partial charge in [0.2, 0.25) is 5.54 Å². The van der Waals surface area contributed by atoms with Gasteiger partial charge < -0.3 is 10.8 Å². The Bertz CT molecular complexity index is 974. The van der Waals surface area contributed by atoms with Gasteiger partial charge in [0, 0.05) is 12.0 Å². The standard InChI is InChI=1S/C20H17F6N3O3/c1-12(30)17(16(27)31,11-13-5-3-2-4-6-13)29-28-15-9-7-14(8-10-15)18(32,19(21,22)23)20(24,25)26/h2-10,32H,11H2,1H3,(H2,27,31)/b29-28+. The van der Waals surface area contributed by atoms with Crippen molar-refractivity contribution in [2.75, 3.05) is 0 Å². The van der Waals surface area contributed by atoms with Gasteiger partial charge in [-0.3, -0.25) is 9.59 Å². The van der Waals surface area contributed by atoms with Crippen molar-refractivity contribution in [3.63, 3.8) is 0 Å². The van der Waals surface area contributed by atoms with Crippen LogP contribution in [0.1, 0.15) is 18.1 Å². The lowest BCUT2D eigenvalue weighted by atomic mass is 9.87. The number of benzene rings is 2. The van der Waals surface area contributed by atoms with Crippen LogP contribution in [-0.2, 0) is 21.6 Å². The molecule has 32 heavy (non-hydrogen) atoms. The van der Waals surface area contributed by atoms with E-state index >= 15 is 0 Å². The smallest absolute Gasteiger partial charge is 0.369 e. The van der Waals surface area contributed by atoms with Crippen molar-refractivity contribution in [1.82, 2.24) is 0 Å². The Morgan fingerprint density at radius 3 is 1.81 bits per heavy atom. The quantitative estimate of drug-likeness (QED) is 0.368. The van der Waals surface area contributed by atoms with E-state index in [1.54, 1.807) is 30.3 Å². The van der Waals surface area contributed by atoms with Crippen molar-refractivity contribution < 1.29 is 41.0 Å². The first kappa shape index (κ1) is 25.0. The summed E-state index contributed by atoms with van der Waals surface area (Å²) in [6.45, 7) is 1.04. The number of rotatable bonds is 7. The second kappa shape index (κ2) is 8.69. The van der Waals surface area contributed by atoms with E-state index in [4.69, 9.17) is 5.73 Å². The molecule has 2 aromatic rings. The zero-order valence-electron chi connectivity index (χ0n) is 16.4. The van der Waals surface area contributed by atoms with E-state index in [0.717, 1.165) is 19.1 Å². The number of ketones is 1. The summed E-state index contributed by atoms with van der Waals surface area (Å²) in [5.74, 6) is -1.91. The number of carbonyl (C=O) groups excluding carboxylic acids is 2. The fourth-order valence-electron chi connectivity index (χ4n) is 2.83. The molecule has 0 aliphatic carbocycles. The maximum atomic E-state index is 13.0. The highest BCUT2D eigenvalue weighted by Gasteiger charge is 2.71. The van der Waals surface area contributed by atoms with Crippen molar-refractivity contribution in [3.8, 4) is 0 Å². The fourth-order valence-corrected chi connectivity index (χ4v) is 2.83. The van der Waals surface area contributed by atoms with E-state index in [2.05, 4.69) is 10.2 Å². The van der Waals surface area contributed by atoms with Crippen LogP contribution in [0.15, 0.2) is 64.8 Å². The number of azo groups is 1. The molecule has 12 heteroatoms. The van der Waals surface area contributed by atoms with Crippen molar-refractivity contribution >= 4 is 17.4 Å². The summed E-state index contributed by atoms with van der Waals surface area (Å²) in [6, 6.07) is 10.3. The topological polar surface area (TPSA) is 105 Å². The van der Waals surface area contributed by atoms with Crippen LogP contribution in [0.5, 0.6) is 0 Å². The molecule has 6 nitrogen and oxygen atoms in total. The molecule has 2 rings (SSSR count). The highest BCUT2D eigenvalue weighted by atomic mass is 19.4. The summed E-state index contributed by atoms with van der Waals surface area (Å²) in [6.07, 6.45) is -12.3. The molecule has 0 aliphatic rings. The summed E-state index contributed by atoms with van der Waals surface area (Å²) in [7, 11) is 0. The maximum absolute atomic E-state index is 13.0. The largest absolute Gasteiger partial charge is 0.430 e. The molecule has 0 bridgehead atoms. The lowest BCUT2D eigenvalue weighted by molar-refractivity contribution is -0.376. The van der Waals surface area contributed by atoms with Gasteiger partial charge in [0.25, 0.3) is 11.5 Å². The monoisotopic (exact) mass is 461 g/mol. The number of hydrogen-bond acceptors (Lipinski definition) is 5. The van der Waals surface area contributed by atoms with Crippen LogP contribution in [0, 0.1) is 0 Å². The molecule has 0 radical (unpaired) electrons. The number of aliphatic hydroxyl groups is 1. The lowest BCUT2D eigenvalue weighted by Gasteiger charge is -2.32. The Morgan fingerprint density at radius 1 is 0.906 bits per heavy atom. The van der Waals surface area contributed by atoms with Crippen LogP contribution in [0.2, 0.25) is 0 Å². The molecule has 1 amide bonds. The van der Waals surface area contributed by atoms with E-state index in [1.165, 1.54) is 0 Å². The summed E-state index contributed by atoms with van der Waals surface area (Å²) in [4.78, 5) is 24.3. The maximum Gasteiger partial charge on any atom is 0.430 e. The molecule has 0 aromatic heterocycles. The van der Waals surface area contributed by atoms with Crippen LogP contribution in [0.3, 0.4) is 0 Å². The van der Waals surface area contributed by atoms with Crippen molar-refractivity contribution in [3.05, 3.63) is 65.7 Å². The molecule has 1 atom stereocenters. The number of nitrogens with zero attached hydrogens (tertiary/aromatic N) is 2. The number of primary amides is 1. The lowest BCUT2D eigenvalue weighted by Crippen LogP contribution is -2.53. The number of Topliss-reactive ketones (excluding diaryl/α,β-unsaturated/α-hetero) is 1. The highest BCUT2D eigenvalue weighted by Crippen LogP contribution is 2.50. The Morgan fingerprint density at radius 2 is 1.41 bits per heavy atom. The summed E-state index contributed by atoms with van der Waals surface area (Å²) in [5.41, 5.74) is -3.13. The molecule has 0 saturated heterocycles. The SMILES string of the molecule is CC(=O)C(Cc1ccccc1)(/N=N/c1ccc(C(O)(C(F)(F)F)C(F)(F)F)cc1)C(N)=O. The minimum atomic E-state index is -6.04. The third-order valence-electron chi connectivity index (χ3n) is 4.73. The summed E-state index contributed by atoms with van der Waals surface area (Å²) >= 11 is 0. The molecule has 0 aliphatic heterocycles. The molecule has 2 aromatic carbocycles. The number of amides is 1. The second-order valence-electron chi connectivity index (χ2n) is 6.90. The Kier molecular flexibility index (Phi) is 6.79. The van der Waals surface area contributed by atoms with Crippen LogP contribution >= 0.6 is 0 Å². The molecule has 1 unspecified atom stereocenters. The van der Waals surface area contributed by atoms with E-state index < -0.39 is 40.7 Å². The molecular formula is C20H17F6N3O3. The van der Waals surface area contributed by atoms with Crippen molar-refractivity contribution in [2.24, 2.45) is 16.0 Å². The minimum absolute atomic E-state index is 0.262. The van der Waals surface area contributed by atoms with Gasteiger partial charge >= 0.3 is 12.4 Å². The predicted molar refractivity (Wildman–Crippen MR) is 99.7 cm³/mol. The number of halogens is 6. The van der Waals surface area contributed by atoms with Crippen molar-refractivity contribution in [1.29, 1.82) is 0 Å². The van der Waals surface area contributed by atoms with Crippen LogP contribution < -0.4 is 5.73 Å². The number of nitrogens with two attached hydrogens (primary N) is 1. The van der Waals surface area contributed by atoms with Crippen LogP contribution in [0.4, 0.5) is 32.0 Å². The second-order valence-corrected chi connectivity index (χ2v) is 6.90. The zero-order valence-corrected chi connectivity index (χ0v) is 16.4. The van der Waals surface area contributed by atoms with E-state index in [0.29, 0.717) is 17.7 Å². The zero-order chi connectivity index (χ0) is 24.4. The molecule has 172 valence electrons. The van der Waals surface area contributed by atoms with Gasteiger partial charge in [0.15, 0.2) is 5.78 Å². The minimum Gasteiger partial charge on any atom is -0.369 e. The van der Waals surface area contributed by atoms with Gasteiger partial charge in [0.05, 0.1) is 5.69 Å². The fraction of sp³-hybridized carbons (Fsp3) is 0.300. The van der Waals surface area contributed by atoms with Gasteiger partial charge in [-0.2, -0.15) is 36.6 Å². The molecular weight excluding hydrogens is 444 g/mol. The first-order valence-corrected chi connectivity index (χ1v) is 8.89. The molecule has 0 spiro atoms. The number of alkyl halides is 6. The average Bonchev–Trinajstić information content (AvgIpc) is 2.69. The predicted octanol–water partition coefficient (Wildman–Crippen LogP) is 4.14. The summed E-state index contributed by atoms with van der Waals surface area (Å²) in [5, 5.41) is 16.7. The van der Waals surface area contributed by atoms with Gasteiger partial charge in [-0.15, -0.1) is 0 Å². The summed E-state index contributed by atoms with van der Waals surface area (Å²) < 4.78 is 77.8. The van der Waals surface area contributed by atoms with E-state index in [1.807, 2.05) is 0 Å². The van der Waals surface area contributed by atoms with Crippen LogP contribution in [0.25, 0.3) is 0 Å². The average molecular weight is 461 g/mol. The highest BCUT2D eigenvalue weighted by molar-refractivity contribution is 6.09.